The van der Waals surface area contributed by atoms with E-state index in [0.29, 0.717) is 0 Å². The first kappa shape index (κ1) is 5.74. The summed E-state index contributed by atoms with van der Waals surface area (Å²) in [5, 5.41) is 18.1. The molecule has 0 atom stereocenters. The molecule has 2 radical (unpaired) electrons. The molecule has 0 aromatic rings. The summed E-state index contributed by atoms with van der Waals surface area (Å²) >= 11 is 0. The summed E-state index contributed by atoms with van der Waals surface area (Å²) in [5.41, 5.74) is 0. The van der Waals surface area contributed by atoms with Gasteiger partial charge in [-0.2, -0.15) is 19.8 Å². The molecule has 0 aromatic heterocycles. The van der Waals surface area contributed by atoms with Crippen molar-refractivity contribution in [3.05, 3.63) is 0 Å². The number of carbonyl (C=O) groups is 2. The van der Waals surface area contributed by atoms with E-state index in [2.05, 4.69) is 4.74 Å². The minimum absolute atomic E-state index is 2.12. The number of rotatable bonds is 0. The Morgan fingerprint density at radius 2 is 1.29 bits per heavy atom. The van der Waals surface area contributed by atoms with E-state index < -0.39 is 12.3 Å². The van der Waals surface area contributed by atoms with Crippen LogP contribution in [0.25, 0.3) is 0 Å². The Morgan fingerprint density at radius 1 is 1.00 bits per heavy atom. The summed E-state index contributed by atoms with van der Waals surface area (Å²) in [5.74, 6) is 0. The quantitative estimate of drug-likeness (QED) is 0.322. The Morgan fingerprint density at radius 3 is 1.29 bits per heavy atom. The minimum atomic E-state index is -2.12. The molecule has 0 spiro atoms. The standard InChI is InChI=1S/C2O5/c3-1(4)7-2(5)6. The van der Waals surface area contributed by atoms with Gasteiger partial charge in [-0.1, -0.05) is 0 Å². The maximum Gasteiger partial charge on any atom is 0.560 e. The second-order valence-electron chi connectivity index (χ2n) is 0.602. The van der Waals surface area contributed by atoms with Gasteiger partial charge >= 0.3 is 12.3 Å². The molecule has 0 fully saturated rings. The van der Waals surface area contributed by atoms with Crippen LogP contribution in [0.2, 0.25) is 0 Å². The monoisotopic (exact) mass is 104 g/mol. The average Bonchev–Trinajstić information content (AvgIpc) is 1.27. The van der Waals surface area contributed by atoms with Crippen molar-refractivity contribution in [2.45, 2.75) is 0 Å². The molecule has 0 aromatic carbocycles. The molecular weight excluding hydrogens is 104 g/mol. The lowest BCUT2D eigenvalue weighted by atomic mass is 11.3. The summed E-state index contributed by atoms with van der Waals surface area (Å²) < 4.78 is 2.86. The fourth-order valence-electron chi connectivity index (χ4n) is 0.0680. The molecule has 0 rings (SSSR count). The average molecular weight is 104 g/mol. The highest BCUT2D eigenvalue weighted by Gasteiger charge is 2.06. The van der Waals surface area contributed by atoms with Crippen molar-refractivity contribution in [1.29, 1.82) is 0 Å². The summed E-state index contributed by atoms with van der Waals surface area (Å²) in [7, 11) is 0. The number of hydrogen-bond acceptors (Lipinski definition) is 3. The van der Waals surface area contributed by atoms with E-state index in [1.54, 1.807) is 0 Å². The topological polar surface area (TPSA) is 83.2 Å². The van der Waals surface area contributed by atoms with Gasteiger partial charge in [0.1, 0.15) is 0 Å². The molecular formula is C2O5. The Balaban J connectivity index is 3.32. The summed E-state index contributed by atoms with van der Waals surface area (Å²) in [6.07, 6.45) is -4.25. The zero-order valence-corrected chi connectivity index (χ0v) is 3.04. The normalized spacial score (nSPS) is 7.43. The Hall–Kier alpha value is -1.26. The maximum atomic E-state index is 9.06. The lowest BCUT2D eigenvalue weighted by Crippen LogP contribution is -2.02. The molecule has 0 unspecified atom stereocenters. The van der Waals surface area contributed by atoms with E-state index in [9.17, 15) is 0 Å². The molecule has 5 heteroatoms. The summed E-state index contributed by atoms with van der Waals surface area (Å²) in [6, 6.07) is 0. The molecule has 0 bridgehead atoms. The highest BCUT2D eigenvalue weighted by molar-refractivity contribution is 5.73. The molecule has 0 saturated heterocycles. The van der Waals surface area contributed by atoms with Crippen molar-refractivity contribution in [2.75, 3.05) is 0 Å². The molecule has 0 heterocycles. The van der Waals surface area contributed by atoms with Crippen LogP contribution >= 0.6 is 0 Å². The van der Waals surface area contributed by atoms with Gasteiger partial charge in [-0.25, -0.2) is 0 Å². The number of carbonyl (C=O) groups excluding carboxylic acids is 2. The van der Waals surface area contributed by atoms with Crippen LogP contribution in [0.1, 0.15) is 0 Å². The molecule has 0 amide bonds. The Bertz CT molecular complexity index is 82.3. The lowest BCUT2D eigenvalue weighted by molar-refractivity contribution is 0.0506. The van der Waals surface area contributed by atoms with Crippen molar-refractivity contribution in [3.8, 4) is 0 Å². The van der Waals surface area contributed by atoms with Crippen molar-refractivity contribution in [3.63, 3.8) is 0 Å². The molecule has 0 aliphatic heterocycles. The van der Waals surface area contributed by atoms with E-state index in [1.165, 1.54) is 0 Å². The van der Waals surface area contributed by atoms with Gasteiger partial charge in [0.05, 0.1) is 0 Å². The van der Waals surface area contributed by atoms with E-state index in [1.807, 2.05) is 0 Å². The third kappa shape index (κ3) is 4.74. The van der Waals surface area contributed by atoms with Crippen molar-refractivity contribution < 1.29 is 24.5 Å². The van der Waals surface area contributed by atoms with E-state index in [-0.39, 0.29) is 0 Å². The van der Waals surface area contributed by atoms with E-state index in [0.717, 1.165) is 0 Å². The van der Waals surface area contributed by atoms with Crippen LogP contribution in [0, 0.1) is 0 Å². The lowest BCUT2D eigenvalue weighted by Gasteiger charge is -1.77. The van der Waals surface area contributed by atoms with Crippen LogP contribution in [-0.2, 0) is 14.9 Å². The smallest absolute Gasteiger partial charge is 0.322 e. The van der Waals surface area contributed by atoms with Gasteiger partial charge in [-0.15, -0.1) is 0 Å². The third-order valence-corrected chi connectivity index (χ3v) is 0.167. The van der Waals surface area contributed by atoms with Crippen LogP contribution in [0.4, 0.5) is 9.59 Å². The predicted molar refractivity (Wildman–Crippen MR) is 13.2 cm³/mol. The fourth-order valence-corrected chi connectivity index (χ4v) is 0.0680. The first-order valence-corrected chi connectivity index (χ1v) is 1.22. The SMILES string of the molecule is [O]C(=O)OC([O])=O. The van der Waals surface area contributed by atoms with Crippen LogP contribution < -0.4 is 0 Å². The highest BCUT2D eigenvalue weighted by atomic mass is 16.7. The molecule has 38 valence electrons. The van der Waals surface area contributed by atoms with Gasteiger partial charge in [0.25, 0.3) is 0 Å². The number of hydrogen-bond donors (Lipinski definition) is 0. The first-order chi connectivity index (χ1) is 3.13. The molecule has 0 saturated carbocycles. The zero-order valence-electron chi connectivity index (χ0n) is 3.04. The van der Waals surface area contributed by atoms with Crippen LogP contribution in [0.5, 0.6) is 0 Å². The van der Waals surface area contributed by atoms with Gasteiger partial charge in [0, 0.05) is 0 Å². The first-order valence-electron chi connectivity index (χ1n) is 1.22. The maximum absolute atomic E-state index is 9.06. The Kier molecular flexibility index (Phi) is 1.65. The van der Waals surface area contributed by atoms with Gasteiger partial charge in [-0.3, -0.25) is 0 Å². The number of ether oxygens (including phenoxy) is 1. The molecule has 0 aliphatic carbocycles. The summed E-state index contributed by atoms with van der Waals surface area (Å²) in [4.78, 5) is 18.1. The van der Waals surface area contributed by atoms with Gasteiger partial charge in [0.2, 0.25) is 0 Å². The highest BCUT2D eigenvalue weighted by Crippen LogP contribution is 1.75. The van der Waals surface area contributed by atoms with Gasteiger partial charge < -0.3 is 4.74 Å². The van der Waals surface area contributed by atoms with Crippen molar-refractivity contribution >= 4 is 12.3 Å². The second-order valence-corrected chi connectivity index (χ2v) is 0.602. The van der Waals surface area contributed by atoms with Gasteiger partial charge in [-0.05, 0) is 0 Å². The van der Waals surface area contributed by atoms with Gasteiger partial charge in [0.15, 0.2) is 0 Å². The zero-order chi connectivity index (χ0) is 5.86. The molecule has 5 nitrogen and oxygen atoms in total. The van der Waals surface area contributed by atoms with Crippen LogP contribution in [0.15, 0.2) is 0 Å². The molecule has 0 aliphatic rings. The van der Waals surface area contributed by atoms with Crippen molar-refractivity contribution in [2.24, 2.45) is 0 Å². The predicted octanol–water partition coefficient (Wildman–Crippen LogP) is 0.104. The second kappa shape index (κ2) is 2.01. The van der Waals surface area contributed by atoms with Crippen LogP contribution in [0.3, 0.4) is 0 Å². The van der Waals surface area contributed by atoms with E-state index in [4.69, 9.17) is 19.8 Å². The third-order valence-electron chi connectivity index (χ3n) is 0.167. The van der Waals surface area contributed by atoms with Crippen LogP contribution in [-0.4, -0.2) is 12.3 Å². The summed E-state index contributed by atoms with van der Waals surface area (Å²) in [6.45, 7) is 0. The molecule has 0 N–H and O–H groups in total. The fraction of sp³-hybridized carbons (Fsp3) is 0. The minimum Gasteiger partial charge on any atom is -0.322 e. The molecule has 7 heavy (non-hydrogen) atoms. The van der Waals surface area contributed by atoms with Crippen molar-refractivity contribution in [1.82, 2.24) is 0 Å². The Labute approximate surface area is 38.1 Å². The van der Waals surface area contributed by atoms with E-state index >= 15 is 0 Å². The largest absolute Gasteiger partial charge is 0.560 e.